The van der Waals surface area contributed by atoms with Crippen molar-refractivity contribution in [1.29, 1.82) is 5.26 Å². The fourth-order valence-electron chi connectivity index (χ4n) is 1.82. The molecule has 0 aromatic heterocycles. The second kappa shape index (κ2) is 6.93. The Hall–Kier alpha value is -1.53. The molecule has 0 radical (unpaired) electrons. The van der Waals surface area contributed by atoms with Crippen molar-refractivity contribution in [2.24, 2.45) is 0 Å². The van der Waals surface area contributed by atoms with E-state index in [1.54, 1.807) is 0 Å². The second-order valence-electron chi connectivity index (χ2n) is 4.20. The smallest absolute Gasteiger partial charge is 0.101 e. The van der Waals surface area contributed by atoms with Gasteiger partial charge in [0, 0.05) is 13.1 Å². The Balaban J connectivity index is 2.99. The van der Waals surface area contributed by atoms with Crippen LogP contribution < -0.4 is 4.90 Å². The molecule has 0 aliphatic heterocycles. The fraction of sp³-hybridized carbons (Fsp3) is 0.500. The van der Waals surface area contributed by atoms with E-state index in [-0.39, 0.29) is 6.61 Å². The molecule has 0 atom stereocenters. The Morgan fingerprint density at radius 1 is 1.35 bits per heavy atom. The van der Waals surface area contributed by atoms with Gasteiger partial charge in [0.05, 0.1) is 17.9 Å². The summed E-state index contributed by atoms with van der Waals surface area (Å²) < 4.78 is 0. The summed E-state index contributed by atoms with van der Waals surface area (Å²) in [7, 11) is 0. The summed E-state index contributed by atoms with van der Waals surface area (Å²) in [4.78, 5) is 2.09. The van der Waals surface area contributed by atoms with Crippen molar-refractivity contribution in [3.8, 4) is 6.07 Å². The van der Waals surface area contributed by atoms with Gasteiger partial charge in [-0.05, 0) is 31.0 Å². The zero-order valence-corrected chi connectivity index (χ0v) is 10.6. The van der Waals surface area contributed by atoms with Crippen LogP contribution in [-0.2, 0) is 0 Å². The van der Waals surface area contributed by atoms with E-state index in [4.69, 9.17) is 10.4 Å². The number of hydrogen-bond acceptors (Lipinski definition) is 3. The van der Waals surface area contributed by atoms with Gasteiger partial charge in [-0.1, -0.05) is 19.4 Å². The molecule has 92 valence electrons. The average molecular weight is 232 g/mol. The molecule has 0 aliphatic rings. The predicted molar refractivity (Wildman–Crippen MR) is 70.1 cm³/mol. The first-order chi connectivity index (χ1) is 8.22. The SMILES string of the molecule is CCCCN(CCO)c1cc(C)ccc1C#N. The maximum Gasteiger partial charge on any atom is 0.101 e. The highest BCUT2D eigenvalue weighted by Crippen LogP contribution is 2.22. The molecule has 1 N–H and O–H groups in total. The third kappa shape index (κ3) is 3.76. The van der Waals surface area contributed by atoms with Gasteiger partial charge in [-0.25, -0.2) is 0 Å². The molecule has 0 aliphatic carbocycles. The molecule has 17 heavy (non-hydrogen) atoms. The summed E-state index contributed by atoms with van der Waals surface area (Å²) in [5, 5.41) is 18.2. The first-order valence-corrected chi connectivity index (χ1v) is 6.09. The van der Waals surface area contributed by atoms with Crippen LogP contribution >= 0.6 is 0 Å². The molecule has 3 nitrogen and oxygen atoms in total. The normalized spacial score (nSPS) is 10.0. The Morgan fingerprint density at radius 3 is 2.71 bits per heavy atom. The number of nitriles is 1. The summed E-state index contributed by atoms with van der Waals surface area (Å²) in [6, 6.07) is 8.02. The quantitative estimate of drug-likeness (QED) is 0.819. The highest BCUT2D eigenvalue weighted by Gasteiger charge is 2.10. The molecule has 0 saturated carbocycles. The third-order valence-corrected chi connectivity index (χ3v) is 2.77. The first kappa shape index (κ1) is 13.5. The molecule has 1 rings (SSSR count). The number of aliphatic hydroxyl groups is 1. The number of aliphatic hydroxyl groups excluding tert-OH is 1. The maximum absolute atomic E-state index is 9.11. The highest BCUT2D eigenvalue weighted by molar-refractivity contribution is 5.60. The summed E-state index contributed by atoms with van der Waals surface area (Å²) >= 11 is 0. The van der Waals surface area contributed by atoms with Crippen LogP contribution in [0.15, 0.2) is 18.2 Å². The van der Waals surface area contributed by atoms with Gasteiger partial charge in [-0.3, -0.25) is 0 Å². The molecule has 1 aromatic rings. The molecule has 0 bridgehead atoms. The van der Waals surface area contributed by atoms with Crippen LogP contribution in [0.2, 0.25) is 0 Å². The molecular formula is C14H20N2O. The standard InChI is InChI=1S/C14H20N2O/c1-3-4-7-16(8-9-17)14-10-12(2)5-6-13(14)11-15/h5-6,10,17H,3-4,7-9H2,1-2H3. The van der Waals surface area contributed by atoms with Crippen molar-refractivity contribution in [1.82, 2.24) is 0 Å². The molecule has 0 fully saturated rings. The van der Waals surface area contributed by atoms with Gasteiger partial charge in [0.15, 0.2) is 0 Å². The number of unbranched alkanes of at least 4 members (excludes halogenated alkanes) is 1. The van der Waals surface area contributed by atoms with Gasteiger partial charge in [0.25, 0.3) is 0 Å². The summed E-state index contributed by atoms with van der Waals surface area (Å²) in [5.41, 5.74) is 2.76. The number of rotatable bonds is 6. The first-order valence-electron chi connectivity index (χ1n) is 6.09. The molecule has 0 heterocycles. The van der Waals surface area contributed by atoms with Gasteiger partial charge >= 0.3 is 0 Å². The lowest BCUT2D eigenvalue weighted by Crippen LogP contribution is -2.28. The van der Waals surface area contributed by atoms with Crippen LogP contribution in [-0.4, -0.2) is 24.8 Å². The fourth-order valence-corrected chi connectivity index (χ4v) is 1.82. The van der Waals surface area contributed by atoms with E-state index >= 15 is 0 Å². The Kier molecular flexibility index (Phi) is 5.51. The van der Waals surface area contributed by atoms with E-state index in [0.717, 1.165) is 30.6 Å². The minimum Gasteiger partial charge on any atom is -0.395 e. The van der Waals surface area contributed by atoms with Crippen molar-refractivity contribution in [2.45, 2.75) is 26.7 Å². The lowest BCUT2D eigenvalue weighted by molar-refractivity contribution is 0.301. The van der Waals surface area contributed by atoms with Crippen molar-refractivity contribution in [2.75, 3.05) is 24.6 Å². The Labute approximate surface area is 103 Å². The Bertz CT molecular complexity index is 396. The van der Waals surface area contributed by atoms with Gasteiger partial charge in [-0.15, -0.1) is 0 Å². The van der Waals surface area contributed by atoms with Crippen LogP contribution in [0.1, 0.15) is 30.9 Å². The number of benzene rings is 1. The van der Waals surface area contributed by atoms with Crippen LogP contribution in [0.4, 0.5) is 5.69 Å². The molecule has 0 saturated heterocycles. The Morgan fingerprint density at radius 2 is 2.12 bits per heavy atom. The van der Waals surface area contributed by atoms with E-state index in [1.807, 2.05) is 25.1 Å². The number of aryl methyl sites for hydroxylation is 1. The zero-order chi connectivity index (χ0) is 12.7. The lowest BCUT2D eigenvalue weighted by Gasteiger charge is -2.25. The minimum atomic E-state index is 0.114. The molecule has 0 amide bonds. The van der Waals surface area contributed by atoms with E-state index in [1.165, 1.54) is 0 Å². The van der Waals surface area contributed by atoms with Gasteiger partial charge in [-0.2, -0.15) is 5.26 Å². The molecule has 0 unspecified atom stereocenters. The van der Waals surface area contributed by atoms with E-state index in [9.17, 15) is 0 Å². The second-order valence-corrected chi connectivity index (χ2v) is 4.20. The number of anilines is 1. The molecule has 1 aromatic carbocycles. The van der Waals surface area contributed by atoms with Crippen molar-refractivity contribution in [3.05, 3.63) is 29.3 Å². The van der Waals surface area contributed by atoms with Crippen molar-refractivity contribution in [3.63, 3.8) is 0 Å². The maximum atomic E-state index is 9.11. The van der Waals surface area contributed by atoms with Crippen LogP contribution in [0.3, 0.4) is 0 Å². The van der Waals surface area contributed by atoms with Gasteiger partial charge in [0.2, 0.25) is 0 Å². The monoisotopic (exact) mass is 232 g/mol. The lowest BCUT2D eigenvalue weighted by atomic mass is 10.1. The van der Waals surface area contributed by atoms with Crippen LogP contribution in [0.5, 0.6) is 0 Å². The largest absolute Gasteiger partial charge is 0.395 e. The number of nitrogens with zero attached hydrogens (tertiary/aromatic N) is 2. The molecule has 0 spiro atoms. The third-order valence-electron chi connectivity index (χ3n) is 2.77. The summed E-state index contributed by atoms with van der Waals surface area (Å²) in [5.74, 6) is 0. The predicted octanol–water partition coefficient (Wildman–Crippen LogP) is 2.47. The zero-order valence-electron chi connectivity index (χ0n) is 10.6. The van der Waals surface area contributed by atoms with Crippen molar-refractivity contribution < 1.29 is 5.11 Å². The summed E-state index contributed by atoms with van der Waals surface area (Å²) in [6.45, 7) is 5.73. The summed E-state index contributed by atoms with van der Waals surface area (Å²) in [6.07, 6.45) is 2.18. The van der Waals surface area contributed by atoms with E-state index < -0.39 is 0 Å². The minimum absolute atomic E-state index is 0.114. The highest BCUT2D eigenvalue weighted by atomic mass is 16.3. The van der Waals surface area contributed by atoms with Gasteiger partial charge in [0.1, 0.15) is 6.07 Å². The molecular weight excluding hydrogens is 212 g/mol. The van der Waals surface area contributed by atoms with Crippen molar-refractivity contribution >= 4 is 5.69 Å². The van der Waals surface area contributed by atoms with Gasteiger partial charge < -0.3 is 10.0 Å². The topological polar surface area (TPSA) is 47.3 Å². The number of hydrogen-bond donors (Lipinski definition) is 1. The van der Waals surface area contributed by atoms with Crippen LogP contribution in [0.25, 0.3) is 0 Å². The van der Waals surface area contributed by atoms with E-state index in [2.05, 4.69) is 17.9 Å². The van der Waals surface area contributed by atoms with Crippen LogP contribution in [0, 0.1) is 18.3 Å². The molecule has 3 heteroatoms. The average Bonchev–Trinajstić information content (AvgIpc) is 2.34. The van der Waals surface area contributed by atoms with E-state index in [0.29, 0.717) is 12.1 Å².